The molecule has 0 spiro atoms. The summed E-state index contributed by atoms with van der Waals surface area (Å²) in [6, 6.07) is 0. The topological polar surface area (TPSA) is 26.3 Å². The van der Waals surface area contributed by atoms with E-state index >= 15 is 0 Å². The van der Waals surface area contributed by atoms with E-state index in [1.807, 2.05) is 0 Å². The number of rotatable bonds is 1. The lowest BCUT2D eigenvalue weighted by Crippen LogP contribution is -2.22. The Bertz CT molecular complexity index is 122. The third-order valence-electron chi connectivity index (χ3n) is 1.49. The Morgan fingerprint density at radius 2 is 2.56 bits per heavy atom. The molecule has 9 heavy (non-hydrogen) atoms. The van der Waals surface area contributed by atoms with E-state index in [0.717, 1.165) is 6.29 Å². The van der Waals surface area contributed by atoms with Gasteiger partial charge in [-0.25, -0.2) is 0 Å². The Labute approximate surface area is 56.0 Å². The zero-order valence-electron chi connectivity index (χ0n) is 5.46. The van der Waals surface area contributed by atoms with Gasteiger partial charge in [0.1, 0.15) is 14.1 Å². The molecule has 0 bridgehead atoms. The molecule has 1 aliphatic rings. The van der Waals surface area contributed by atoms with E-state index < -0.39 is 5.50 Å². The van der Waals surface area contributed by atoms with Crippen LogP contribution in [0.1, 0.15) is 13.3 Å². The first-order chi connectivity index (χ1) is 4.14. The largest absolute Gasteiger partial charge is 0.384 e. The highest BCUT2D eigenvalue weighted by molar-refractivity contribution is 6.14. The normalized spacial score (nSPS) is 43.0. The molecular weight excluding hydrogens is 115 g/mol. The van der Waals surface area contributed by atoms with Gasteiger partial charge < -0.3 is 9.53 Å². The second-order valence-corrected chi connectivity index (χ2v) is 2.72. The van der Waals surface area contributed by atoms with Gasteiger partial charge in [-0.1, -0.05) is 0 Å². The summed E-state index contributed by atoms with van der Waals surface area (Å²) in [5.74, 6) is 0.0139. The molecule has 2 atom stereocenters. The zero-order chi connectivity index (χ0) is 6.91. The van der Waals surface area contributed by atoms with Crippen LogP contribution >= 0.6 is 0 Å². The van der Waals surface area contributed by atoms with Crippen LogP contribution in [0.2, 0.25) is 0 Å². The Kier molecular flexibility index (Phi) is 1.62. The van der Waals surface area contributed by atoms with E-state index in [2.05, 4.69) is 0 Å². The molecule has 48 valence electrons. The number of ether oxygens (including phenoxy) is 1. The fraction of sp³-hybridized carbons (Fsp3) is 0.833. The number of hydrogen-bond donors (Lipinski definition) is 0. The summed E-state index contributed by atoms with van der Waals surface area (Å²) < 4.78 is 5.09. The Morgan fingerprint density at radius 3 is 2.78 bits per heavy atom. The molecule has 0 amide bonds. The fourth-order valence-electron chi connectivity index (χ4n) is 1.02. The van der Waals surface area contributed by atoms with E-state index in [1.54, 1.807) is 6.92 Å². The highest BCUT2D eigenvalue weighted by Gasteiger charge is 2.30. The van der Waals surface area contributed by atoms with E-state index in [0.29, 0.717) is 13.0 Å². The molecule has 1 heterocycles. The lowest BCUT2D eigenvalue weighted by atomic mass is 9.79. The van der Waals surface area contributed by atoms with Crippen LogP contribution in [-0.2, 0) is 9.53 Å². The van der Waals surface area contributed by atoms with Gasteiger partial charge in [0.15, 0.2) is 0 Å². The van der Waals surface area contributed by atoms with Gasteiger partial charge in [0.2, 0.25) is 0 Å². The van der Waals surface area contributed by atoms with Gasteiger partial charge in [-0.05, 0) is 13.3 Å². The van der Waals surface area contributed by atoms with Crippen molar-refractivity contribution >= 4 is 14.1 Å². The van der Waals surface area contributed by atoms with Crippen LogP contribution in [0.5, 0.6) is 0 Å². The van der Waals surface area contributed by atoms with Crippen molar-refractivity contribution in [3.8, 4) is 0 Å². The van der Waals surface area contributed by atoms with Gasteiger partial charge in [0, 0.05) is 11.4 Å². The average Bonchev–Trinajstić information content (AvgIpc) is 2.10. The van der Waals surface area contributed by atoms with Crippen molar-refractivity contribution < 1.29 is 9.53 Å². The van der Waals surface area contributed by atoms with Crippen molar-refractivity contribution in [1.29, 1.82) is 0 Å². The number of carbonyl (C=O) groups excluding carboxylic acids is 1. The van der Waals surface area contributed by atoms with Crippen molar-refractivity contribution in [3.63, 3.8) is 0 Å². The minimum absolute atomic E-state index is 0.0139. The third kappa shape index (κ3) is 1.55. The van der Waals surface area contributed by atoms with E-state index in [4.69, 9.17) is 12.6 Å². The molecule has 1 unspecified atom stereocenters. The van der Waals surface area contributed by atoms with Gasteiger partial charge in [-0.15, -0.1) is 0 Å². The molecule has 0 aliphatic carbocycles. The minimum Gasteiger partial charge on any atom is -0.384 e. The SMILES string of the molecule is [B]C1(C)C[C@@H](C=O)CO1. The number of aldehydes is 1. The van der Waals surface area contributed by atoms with Crippen LogP contribution in [0.15, 0.2) is 0 Å². The quantitative estimate of drug-likeness (QED) is 0.366. The first-order valence-electron chi connectivity index (χ1n) is 3.02. The first kappa shape index (κ1) is 6.81. The van der Waals surface area contributed by atoms with E-state index in [9.17, 15) is 4.79 Å². The zero-order valence-corrected chi connectivity index (χ0v) is 5.46. The van der Waals surface area contributed by atoms with Crippen LogP contribution in [0.25, 0.3) is 0 Å². The number of hydrogen-bond acceptors (Lipinski definition) is 2. The molecule has 0 aromatic heterocycles. The Balaban J connectivity index is 2.47. The summed E-state index contributed by atoms with van der Waals surface area (Å²) >= 11 is 0. The molecule has 0 N–H and O–H groups in total. The summed E-state index contributed by atoms with van der Waals surface area (Å²) in [6.07, 6.45) is 1.55. The van der Waals surface area contributed by atoms with Gasteiger partial charge in [-0.2, -0.15) is 0 Å². The smallest absolute Gasteiger partial charge is 0.125 e. The van der Waals surface area contributed by atoms with Crippen LogP contribution in [0.4, 0.5) is 0 Å². The van der Waals surface area contributed by atoms with Crippen molar-refractivity contribution in [3.05, 3.63) is 0 Å². The van der Waals surface area contributed by atoms with Crippen molar-refractivity contribution in [2.75, 3.05) is 6.61 Å². The maximum Gasteiger partial charge on any atom is 0.125 e. The van der Waals surface area contributed by atoms with Crippen LogP contribution in [0, 0.1) is 5.92 Å². The molecule has 0 aromatic rings. The van der Waals surface area contributed by atoms with Crippen LogP contribution in [0.3, 0.4) is 0 Å². The summed E-state index contributed by atoms with van der Waals surface area (Å²) in [5, 5.41) is 0. The number of carbonyl (C=O) groups is 1. The predicted octanol–water partition coefficient (Wildman–Crippen LogP) is 0.106. The van der Waals surface area contributed by atoms with Gasteiger partial charge >= 0.3 is 0 Å². The fourth-order valence-corrected chi connectivity index (χ4v) is 1.02. The summed E-state index contributed by atoms with van der Waals surface area (Å²) in [7, 11) is 5.56. The lowest BCUT2D eigenvalue weighted by Gasteiger charge is -2.15. The molecule has 1 aliphatic heterocycles. The van der Waals surface area contributed by atoms with Crippen LogP contribution in [-0.4, -0.2) is 26.2 Å². The van der Waals surface area contributed by atoms with E-state index in [-0.39, 0.29) is 5.92 Å². The Morgan fingerprint density at radius 1 is 1.89 bits per heavy atom. The van der Waals surface area contributed by atoms with Gasteiger partial charge in [0.25, 0.3) is 0 Å². The second kappa shape index (κ2) is 2.14. The Hall–Kier alpha value is -0.305. The monoisotopic (exact) mass is 124 g/mol. The molecule has 1 rings (SSSR count). The highest BCUT2D eigenvalue weighted by Crippen LogP contribution is 2.24. The molecule has 1 fully saturated rings. The second-order valence-electron chi connectivity index (χ2n) is 2.72. The van der Waals surface area contributed by atoms with Crippen molar-refractivity contribution in [1.82, 2.24) is 0 Å². The highest BCUT2D eigenvalue weighted by atomic mass is 16.5. The summed E-state index contributed by atoms with van der Waals surface area (Å²) in [5.41, 5.74) is -0.564. The first-order valence-corrected chi connectivity index (χ1v) is 3.02. The van der Waals surface area contributed by atoms with Crippen molar-refractivity contribution in [2.45, 2.75) is 18.8 Å². The maximum atomic E-state index is 10.2. The predicted molar refractivity (Wildman–Crippen MR) is 34.3 cm³/mol. The summed E-state index contributed by atoms with van der Waals surface area (Å²) in [6.45, 7) is 2.27. The summed E-state index contributed by atoms with van der Waals surface area (Å²) in [4.78, 5) is 10.2. The molecule has 2 radical (unpaired) electrons. The molecule has 0 aromatic carbocycles. The third-order valence-corrected chi connectivity index (χ3v) is 1.49. The van der Waals surface area contributed by atoms with E-state index in [1.165, 1.54) is 0 Å². The lowest BCUT2D eigenvalue weighted by molar-refractivity contribution is -0.111. The molecule has 2 nitrogen and oxygen atoms in total. The minimum atomic E-state index is -0.564. The van der Waals surface area contributed by atoms with Gasteiger partial charge in [0.05, 0.1) is 6.61 Å². The molecule has 1 saturated heterocycles. The maximum absolute atomic E-state index is 10.2. The van der Waals surface area contributed by atoms with Gasteiger partial charge in [-0.3, -0.25) is 0 Å². The molecular formula is C6H9BO2. The molecule has 0 saturated carbocycles. The average molecular weight is 124 g/mol. The standard InChI is InChI=1S/C6H9BO2/c1-6(7)2-5(3-8)4-9-6/h3,5H,2,4H2,1H3/t5-,6?/m0/s1. The molecule has 3 heteroatoms. The van der Waals surface area contributed by atoms with Crippen LogP contribution < -0.4 is 0 Å². The van der Waals surface area contributed by atoms with Crippen molar-refractivity contribution in [2.24, 2.45) is 5.92 Å².